The van der Waals surface area contributed by atoms with Crippen LogP contribution in [-0.2, 0) is 4.74 Å². The number of hydrogen-bond donors (Lipinski definition) is 2. The zero-order valence-corrected chi connectivity index (χ0v) is 14.8. The van der Waals surface area contributed by atoms with E-state index in [4.69, 9.17) is 15.2 Å². The van der Waals surface area contributed by atoms with Gasteiger partial charge in [-0.2, -0.15) is 0 Å². The minimum Gasteiger partial charge on any atom is -0.497 e. The maximum Gasteiger partial charge on any atom is 0.193 e. The van der Waals surface area contributed by atoms with Gasteiger partial charge in [-0.15, -0.1) is 0 Å². The van der Waals surface area contributed by atoms with Gasteiger partial charge in [0.15, 0.2) is 5.96 Å². The van der Waals surface area contributed by atoms with Crippen molar-refractivity contribution in [1.82, 2.24) is 0 Å². The Balaban J connectivity index is 1.52. The molecule has 1 aromatic carbocycles. The molecule has 1 saturated carbocycles. The van der Waals surface area contributed by atoms with Gasteiger partial charge < -0.3 is 20.5 Å². The van der Waals surface area contributed by atoms with Crippen molar-refractivity contribution in [3.8, 4) is 5.75 Å². The minimum atomic E-state index is 0.457. The third-order valence-electron chi connectivity index (χ3n) is 4.35. The van der Waals surface area contributed by atoms with Gasteiger partial charge in [-0.3, -0.25) is 4.99 Å². The van der Waals surface area contributed by atoms with Crippen molar-refractivity contribution in [3.63, 3.8) is 0 Å². The zero-order valence-electron chi connectivity index (χ0n) is 14.8. The van der Waals surface area contributed by atoms with E-state index in [2.05, 4.69) is 10.3 Å². The van der Waals surface area contributed by atoms with E-state index in [-0.39, 0.29) is 0 Å². The maximum absolute atomic E-state index is 5.93. The van der Waals surface area contributed by atoms with Crippen LogP contribution in [0.4, 0.5) is 5.69 Å². The van der Waals surface area contributed by atoms with Gasteiger partial charge in [-0.05, 0) is 56.4 Å². The average Bonchev–Trinajstić information content (AvgIpc) is 2.62. The largest absolute Gasteiger partial charge is 0.497 e. The molecule has 2 rings (SSSR count). The van der Waals surface area contributed by atoms with Crippen molar-refractivity contribution in [2.24, 2.45) is 10.7 Å². The predicted molar refractivity (Wildman–Crippen MR) is 99.8 cm³/mol. The molecule has 5 nitrogen and oxygen atoms in total. The second-order valence-electron chi connectivity index (χ2n) is 6.31. The summed E-state index contributed by atoms with van der Waals surface area (Å²) < 4.78 is 11.1. The third kappa shape index (κ3) is 7.21. The normalized spacial score (nSPS) is 16.1. The maximum atomic E-state index is 5.93. The van der Waals surface area contributed by atoms with E-state index >= 15 is 0 Å². The van der Waals surface area contributed by atoms with Crippen molar-refractivity contribution in [1.29, 1.82) is 0 Å². The van der Waals surface area contributed by atoms with Crippen LogP contribution in [0.5, 0.6) is 5.75 Å². The fourth-order valence-corrected chi connectivity index (χ4v) is 2.93. The summed E-state index contributed by atoms with van der Waals surface area (Å²) in [6.07, 6.45) is 10.3. The zero-order chi connectivity index (χ0) is 17.0. The quantitative estimate of drug-likeness (QED) is 0.408. The first-order valence-corrected chi connectivity index (χ1v) is 9.10. The first-order chi connectivity index (χ1) is 11.8. The Labute approximate surface area is 145 Å². The Hall–Kier alpha value is -1.75. The Bertz CT molecular complexity index is 482. The summed E-state index contributed by atoms with van der Waals surface area (Å²) in [5.41, 5.74) is 6.81. The molecule has 0 saturated heterocycles. The molecule has 1 fully saturated rings. The molecule has 5 heteroatoms. The summed E-state index contributed by atoms with van der Waals surface area (Å²) in [7, 11) is 1.65. The molecule has 24 heavy (non-hydrogen) atoms. The number of unbranched alkanes of at least 4 members (excludes halogenated alkanes) is 2. The first-order valence-electron chi connectivity index (χ1n) is 9.10. The molecule has 3 N–H and O–H groups in total. The fourth-order valence-electron chi connectivity index (χ4n) is 2.93. The number of hydrogen-bond acceptors (Lipinski definition) is 3. The SMILES string of the molecule is COc1ccc(NC(N)=NCCCCCOC2CCCCC2)cc1. The van der Waals surface area contributed by atoms with Crippen LogP contribution in [0.1, 0.15) is 51.4 Å². The smallest absolute Gasteiger partial charge is 0.193 e. The highest BCUT2D eigenvalue weighted by molar-refractivity contribution is 5.92. The van der Waals surface area contributed by atoms with Crippen LogP contribution in [0.15, 0.2) is 29.3 Å². The summed E-state index contributed by atoms with van der Waals surface area (Å²) in [4.78, 5) is 4.36. The summed E-state index contributed by atoms with van der Waals surface area (Å²) in [5, 5.41) is 3.09. The topological polar surface area (TPSA) is 68.9 Å². The first kappa shape index (κ1) is 18.6. The highest BCUT2D eigenvalue weighted by atomic mass is 16.5. The van der Waals surface area contributed by atoms with Crippen LogP contribution in [0.25, 0.3) is 0 Å². The third-order valence-corrected chi connectivity index (χ3v) is 4.35. The molecule has 1 aromatic rings. The number of aliphatic imine (C=N–C) groups is 1. The van der Waals surface area contributed by atoms with Gasteiger partial charge >= 0.3 is 0 Å². The van der Waals surface area contributed by atoms with Crippen LogP contribution in [0.2, 0.25) is 0 Å². The van der Waals surface area contributed by atoms with Crippen LogP contribution in [0.3, 0.4) is 0 Å². The summed E-state index contributed by atoms with van der Waals surface area (Å²) in [6, 6.07) is 7.62. The molecule has 0 atom stereocenters. The second kappa shape index (κ2) is 10.9. The van der Waals surface area contributed by atoms with Crippen LogP contribution >= 0.6 is 0 Å². The van der Waals surface area contributed by atoms with Gasteiger partial charge in [0.2, 0.25) is 0 Å². The number of benzene rings is 1. The van der Waals surface area contributed by atoms with E-state index in [1.165, 1.54) is 32.1 Å². The van der Waals surface area contributed by atoms with Crippen molar-refractivity contribution in [3.05, 3.63) is 24.3 Å². The molecule has 0 radical (unpaired) electrons. The predicted octanol–water partition coefficient (Wildman–Crippen LogP) is 3.94. The Kier molecular flexibility index (Phi) is 8.46. The van der Waals surface area contributed by atoms with E-state index < -0.39 is 0 Å². The number of nitrogens with one attached hydrogen (secondary N) is 1. The van der Waals surface area contributed by atoms with E-state index in [0.717, 1.165) is 43.9 Å². The molecule has 0 spiro atoms. The molecule has 1 aliphatic carbocycles. The molecule has 0 unspecified atom stereocenters. The lowest BCUT2D eigenvalue weighted by Crippen LogP contribution is -2.22. The fraction of sp³-hybridized carbons (Fsp3) is 0.632. The van der Waals surface area contributed by atoms with Gasteiger partial charge in [0.05, 0.1) is 13.2 Å². The number of nitrogens with zero attached hydrogens (tertiary/aromatic N) is 1. The molecule has 134 valence electrons. The molecular formula is C19H31N3O2. The lowest BCUT2D eigenvalue weighted by Gasteiger charge is -2.21. The number of methoxy groups -OCH3 is 1. The van der Waals surface area contributed by atoms with Crippen LogP contribution in [0, 0.1) is 0 Å². The Morgan fingerprint density at radius 2 is 1.88 bits per heavy atom. The van der Waals surface area contributed by atoms with Gasteiger partial charge in [0.1, 0.15) is 5.75 Å². The van der Waals surface area contributed by atoms with E-state index in [0.29, 0.717) is 12.1 Å². The highest BCUT2D eigenvalue weighted by Gasteiger charge is 2.12. The molecule has 0 aliphatic heterocycles. The molecular weight excluding hydrogens is 302 g/mol. The average molecular weight is 333 g/mol. The molecule has 0 aromatic heterocycles. The van der Waals surface area contributed by atoms with Crippen molar-refractivity contribution >= 4 is 11.6 Å². The number of anilines is 1. The van der Waals surface area contributed by atoms with Gasteiger partial charge in [-0.25, -0.2) is 0 Å². The van der Waals surface area contributed by atoms with Crippen molar-refractivity contribution in [2.75, 3.05) is 25.6 Å². The second-order valence-corrected chi connectivity index (χ2v) is 6.31. The highest BCUT2D eigenvalue weighted by Crippen LogP contribution is 2.20. The number of rotatable bonds is 9. The van der Waals surface area contributed by atoms with Gasteiger partial charge in [0.25, 0.3) is 0 Å². The number of nitrogens with two attached hydrogens (primary N) is 1. The van der Waals surface area contributed by atoms with E-state index in [1.54, 1.807) is 7.11 Å². The van der Waals surface area contributed by atoms with Crippen molar-refractivity contribution in [2.45, 2.75) is 57.5 Å². The summed E-state index contributed by atoms with van der Waals surface area (Å²) >= 11 is 0. The summed E-state index contributed by atoms with van der Waals surface area (Å²) in [5.74, 6) is 1.28. The summed E-state index contributed by atoms with van der Waals surface area (Å²) in [6.45, 7) is 1.63. The Morgan fingerprint density at radius 1 is 1.12 bits per heavy atom. The Morgan fingerprint density at radius 3 is 2.58 bits per heavy atom. The van der Waals surface area contributed by atoms with Gasteiger partial charge in [-0.1, -0.05) is 19.3 Å². The minimum absolute atomic E-state index is 0.457. The number of ether oxygens (including phenoxy) is 2. The molecule has 0 bridgehead atoms. The van der Waals surface area contributed by atoms with Crippen LogP contribution in [-0.4, -0.2) is 32.3 Å². The van der Waals surface area contributed by atoms with Crippen molar-refractivity contribution < 1.29 is 9.47 Å². The number of guanidine groups is 1. The van der Waals surface area contributed by atoms with Crippen LogP contribution < -0.4 is 15.8 Å². The lowest BCUT2D eigenvalue weighted by atomic mass is 9.98. The molecule has 0 amide bonds. The molecule has 1 aliphatic rings. The lowest BCUT2D eigenvalue weighted by molar-refractivity contribution is 0.0264. The molecule has 0 heterocycles. The van der Waals surface area contributed by atoms with E-state index in [1.807, 2.05) is 24.3 Å². The van der Waals surface area contributed by atoms with E-state index in [9.17, 15) is 0 Å². The van der Waals surface area contributed by atoms with Gasteiger partial charge in [0, 0.05) is 18.8 Å². The standard InChI is InChI=1S/C19H31N3O2/c1-23-17-12-10-16(11-13-17)22-19(20)21-14-6-3-7-15-24-18-8-4-2-5-9-18/h10-13,18H,2-9,14-15H2,1H3,(H3,20,21,22). The monoisotopic (exact) mass is 333 g/mol.